The first-order chi connectivity index (χ1) is 16.0. The highest BCUT2D eigenvalue weighted by molar-refractivity contribution is 6.33. The molecule has 0 unspecified atom stereocenters. The van der Waals surface area contributed by atoms with Crippen LogP contribution in [0.3, 0.4) is 0 Å². The monoisotopic (exact) mass is 461 g/mol. The Morgan fingerprint density at radius 2 is 2.03 bits per heavy atom. The Hall–Kier alpha value is -3.91. The number of nitrogens with one attached hydrogen (secondary N) is 1. The van der Waals surface area contributed by atoms with Gasteiger partial charge < -0.3 is 19.7 Å². The molecule has 0 aliphatic carbocycles. The Labute approximate surface area is 194 Å². The molecule has 166 valence electrons. The summed E-state index contributed by atoms with van der Waals surface area (Å²) in [6.45, 7) is 3.23. The molecule has 33 heavy (non-hydrogen) atoms. The molecule has 2 aromatic carbocycles. The highest BCUT2D eigenvalue weighted by atomic mass is 35.5. The van der Waals surface area contributed by atoms with Crippen molar-refractivity contribution >= 4 is 40.1 Å². The molecule has 2 aromatic heterocycles. The summed E-state index contributed by atoms with van der Waals surface area (Å²) in [5, 5.41) is 9.95. The Balaban J connectivity index is 1.39. The summed E-state index contributed by atoms with van der Waals surface area (Å²) in [6, 6.07) is 10.7. The van der Waals surface area contributed by atoms with Crippen LogP contribution in [-0.4, -0.2) is 44.1 Å². The van der Waals surface area contributed by atoms with Crippen LogP contribution < -0.4 is 9.64 Å². The van der Waals surface area contributed by atoms with Crippen molar-refractivity contribution in [3.63, 3.8) is 0 Å². The highest BCUT2D eigenvalue weighted by Crippen LogP contribution is 2.33. The van der Waals surface area contributed by atoms with Crippen LogP contribution in [0, 0.1) is 6.92 Å². The van der Waals surface area contributed by atoms with Crippen LogP contribution in [0.4, 0.5) is 5.95 Å². The van der Waals surface area contributed by atoms with E-state index in [0.29, 0.717) is 34.3 Å². The average Bonchev–Trinajstić information content (AvgIpc) is 3.21. The van der Waals surface area contributed by atoms with Gasteiger partial charge in [-0.2, -0.15) is 4.98 Å². The molecular formula is C24H20ClN5O3. The summed E-state index contributed by atoms with van der Waals surface area (Å²) >= 11 is 6.60. The van der Waals surface area contributed by atoms with E-state index in [4.69, 9.17) is 16.3 Å². The summed E-state index contributed by atoms with van der Waals surface area (Å²) in [6.07, 6.45) is 6.42. The van der Waals surface area contributed by atoms with E-state index in [2.05, 4.69) is 30.9 Å². The number of aromatic amines is 1. The van der Waals surface area contributed by atoms with Gasteiger partial charge in [-0.25, -0.2) is 14.8 Å². The van der Waals surface area contributed by atoms with Gasteiger partial charge in [0.25, 0.3) is 6.01 Å². The molecule has 0 saturated carbocycles. The molecule has 3 heterocycles. The third-order valence-electron chi connectivity index (χ3n) is 5.59. The first-order valence-electron chi connectivity index (χ1n) is 10.4. The van der Waals surface area contributed by atoms with Gasteiger partial charge in [0.2, 0.25) is 5.95 Å². The van der Waals surface area contributed by atoms with Gasteiger partial charge in [0.05, 0.1) is 21.6 Å². The number of anilines is 1. The van der Waals surface area contributed by atoms with Gasteiger partial charge in [0, 0.05) is 25.5 Å². The predicted octanol–water partition coefficient (Wildman–Crippen LogP) is 5.10. The second-order valence-electron chi connectivity index (χ2n) is 7.75. The molecule has 0 fully saturated rings. The van der Waals surface area contributed by atoms with Crippen LogP contribution in [-0.2, 0) is 0 Å². The van der Waals surface area contributed by atoms with Gasteiger partial charge in [0.1, 0.15) is 5.75 Å². The molecular weight excluding hydrogens is 442 g/mol. The maximum absolute atomic E-state index is 11.4. The van der Waals surface area contributed by atoms with Gasteiger partial charge in [0.15, 0.2) is 0 Å². The van der Waals surface area contributed by atoms with Crippen LogP contribution in [0.25, 0.3) is 16.6 Å². The Morgan fingerprint density at radius 3 is 2.76 bits per heavy atom. The number of H-pyrrole nitrogens is 1. The van der Waals surface area contributed by atoms with Gasteiger partial charge in [-0.15, -0.1) is 0 Å². The first-order valence-corrected chi connectivity index (χ1v) is 10.8. The number of nitrogens with zero attached hydrogens (tertiary/aromatic N) is 4. The number of carboxylic acids is 1. The van der Waals surface area contributed by atoms with Crippen molar-refractivity contribution in [3.8, 4) is 11.8 Å². The zero-order valence-electron chi connectivity index (χ0n) is 17.7. The number of aryl methyl sites for hydroxylation is 1. The fourth-order valence-corrected chi connectivity index (χ4v) is 4.14. The summed E-state index contributed by atoms with van der Waals surface area (Å²) in [5.41, 5.74) is 4.37. The summed E-state index contributed by atoms with van der Waals surface area (Å²) in [7, 11) is 0. The number of carbonyl (C=O) groups is 1. The maximum Gasteiger partial charge on any atom is 0.336 e. The van der Waals surface area contributed by atoms with E-state index in [1.807, 2.05) is 12.1 Å². The number of hydrogen-bond donors (Lipinski definition) is 2. The fraction of sp³-hybridized carbons (Fsp3) is 0.167. The Morgan fingerprint density at radius 1 is 1.21 bits per heavy atom. The number of benzene rings is 2. The van der Waals surface area contributed by atoms with Gasteiger partial charge >= 0.3 is 5.97 Å². The fourth-order valence-electron chi connectivity index (χ4n) is 3.86. The van der Waals surface area contributed by atoms with Crippen molar-refractivity contribution < 1.29 is 14.6 Å². The topological polar surface area (TPSA) is 104 Å². The van der Waals surface area contributed by atoms with Crippen molar-refractivity contribution in [2.45, 2.75) is 13.3 Å². The lowest BCUT2D eigenvalue weighted by Gasteiger charge is -2.26. The minimum absolute atomic E-state index is 0.188. The number of rotatable bonds is 5. The first kappa shape index (κ1) is 21.0. The third-order valence-corrected chi connectivity index (χ3v) is 5.91. The number of ether oxygens (including phenoxy) is 1. The molecule has 1 aliphatic heterocycles. The van der Waals surface area contributed by atoms with E-state index < -0.39 is 5.97 Å². The molecule has 0 radical (unpaired) electrons. The smallest absolute Gasteiger partial charge is 0.336 e. The van der Waals surface area contributed by atoms with Crippen molar-refractivity contribution in [2.75, 3.05) is 18.0 Å². The van der Waals surface area contributed by atoms with Crippen molar-refractivity contribution in [1.29, 1.82) is 0 Å². The van der Waals surface area contributed by atoms with E-state index in [0.717, 1.165) is 29.6 Å². The molecule has 0 amide bonds. The SMILES string of the molecule is Cc1ccc(Oc2nc3cc(C4=CCN(c5ncccn5)CC4)c(Cl)cc3[nH]2)cc1C(=O)O. The number of fused-ring (bicyclic) bond motifs is 1. The summed E-state index contributed by atoms with van der Waals surface area (Å²) in [5.74, 6) is 0.101. The number of halogens is 1. The van der Waals surface area contributed by atoms with Gasteiger partial charge in [-0.3, -0.25) is 0 Å². The van der Waals surface area contributed by atoms with E-state index in [9.17, 15) is 9.90 Å². The number of carboxylic acid groups (broad SMARTS) is 1. The second kappa shape index (κ2) is 8.55. The molecule has 0 spiro atoms. The van der Waals surface area contributed by atoms with Crippen molar-refractivity contribution in [3.05, 3.63) is 76.6 Å². The van der Waals surface area contributed by atoms with Gasteiger partial charge in [-0.1, -0.05) is 23.7 Å². The largest absolute Gasteiger partial charge is 0.478 e. The van der Waals surface area contributed by atoms with Crippen LogP contribution >= 0.6 is 11.6 Å². The quantitative estimate of drug-likeness (QED) is 0.426. The molecule has 2 N–H and O–H groups in total. The lowest BCUT2D eigenvalue weighted by Crippen LogP contribution is -2.29. The second-order valence-corrected chi connectivity index (χ2v) is 8.16. The molecule has 4 aromatic rings. The standard InChI is InChI=1S/C24H20ClN5O3/c1-14-3-4-16(11-17(14)22(31)32)33-24-28-20-12-18(19(25)13-21(20)29-24)15-5-9-30(10-6-15)23-26-7-2-8-27-23/h2-5,7-8,11-13H,6,9-10H2,1H3,(H,28,29)(H,31,32). The molecule has 0 saturated heterocycles. The number of imidazole rings is 1. The van der Waals surface area contributed by atoms with E-state index in [1.54, 1.807) is 37.5 Å². The van der Waals surface area contributed by atoms with Crippen molar-refractivity contribution in [1.82, 2.24) is 19.9 Å². The number of hydrogen-bond acceptors (Lipinski definition) is 6. The number of aromatic carboxylic acids is 1. The molecule has 5 rings (SSSR count). The van der Waals surface area contributed by atoms with Gasteiger partial charge in [-0.05, 0) is 60.4 Å². The minimum atomic E-state index is -1.00. The number of aromatic nitrogens is 4. The minimum Gasteiger partial charge on any atom is -0.478 e. The lowest BCUT2D eigenvalue weighted by molar-refractivity contribution is 0.0695. The van der Waals surface area contributed by atoms with Crippen LogP contribution in [0.15, 0.2) is 54.9 Å². The molecule has 0 bridgehead atoms. The highest BCUT2D eigenvalue weighted by Gasteiger charge is 2.18. The van der Waals surface area contributed by atoms with E-state index in [-0.39, 0.29) is 11.6 Å². The predicted molar refractivity (Wildman–Crippen MR) is 126 cm³/mol. The average molecular weight is 462 g/mol. The summed E-state index contributed by atoms with van der Waals surface area (Å²) in [4.78, 5) is 29.7. The molecule has 0 atom stereocenters. The third kappa shape index (κ3) is 4.25. The van der Waals surface area contributed by atoms with Crippen LogP contribution in [0.2, 0.25) is 5.02 Å². The van der Waals surface area contributed by atoms with Crippen LogP contribution in [0.5, 0.6) is 11.8 Å². The molecule has 8 nitrogen and oxygen atoms in total. The van der Waals surface area contributed by atoms with Crippen molar-refractivity contribution in [2.24, 2.45) is 0 Å². The normalized spacial score (nSPS) is 13.8. The Kier molecular flexibility index (Phi) is 5.43. The lowest BCUT2D eigenvalue weighted by atomic mass is 9.99. The zero-order valence-corrected chi connectivity index (χ0v) is 18.5. The summed E-state index contributed by atoms with van der Waals surface area (Å²) < 4.78 is 5.79. The Bertz CT molecular complexity index is 1380. The molecule has 9 heteroatoms. The zero-order chi connectivity index (χ0) is 22.9. The molecule has 1 aliphatic rings. The maximum atomic E-state index is 11.4. The van der Waals surface area contributed by atoms with Crippen LogP contribution in [0.1, 0.15) is 27.9 Å². The van der Waals surface area contributed by atoms with E-state index >= 15 is 0 Å². The van der Waals surface area contributed by atoms with E-state index in [1.165, 1.54) is 6.07 Å².